The molecule has 0 amide bonds. The molecule has 3 aromatic heterocycles. The van der Waals surface area contributed by atoms with Crippen molar-refractivity contribution in [3.63, 3.8) is 0 Å². The van der Waals surface area contributed by atoms with Crippen molar-refractivity contribution in [2.45, 2.75) is 0 Å². The lowest BCUT2D eigenvalue weighted by molar-refractivity contribution is 0.896. The van der Waals surface area contributed by atoms with Crippen LogP contribution in [0.2, 0.25) is 10.0 Å². The van der Waals surface area contributed by atoms with Crippen LogP contribution < -0.4 is 11.1 Å². The lowest BCUT2D eigenvalue weighted by Crippen LogP contribution is -1.99. The molecule has 28 heavy (non-hydrogen) atoms. The second-order valence-corrected chi connectivity index (χ2v) is 6.33. The number of nitriles is 1. The Bertz CT molecular complexity index is 1190. The molecular formula is C17H11Cl3N8. The Morgan fingerprint density at radius 2 is 1.86 bits per heavy atom. The second kappa shape index (κ2) is 7.86. The summed E-state index contributed by atoms with van der Waals surface area (Å²) in [5, 5.41) is 18.0. The molecule has 0 bridgehead atoms. The van der Waals surface area contributed by atoms with Gasteiger partial charge in [-0.05, 0) is 18.2 Å². The lowest BCUT2D eigenvalue weighted by Gasteiger charge is -2.07. The first kappa shape index (κ1) is 19.6. The van der Waals surface area contributed by atoms with Crippen LogP contribution in [0, 0.1) is 11.3 Å². The Hall–Kier alpha value is -3.12. The third-order valence-corrected chi connectivity index (χ3v) is 4.32. The lowest BCUT2D eigenvalue weighted by atomic mass is 10.2. The van der Waals surface area contributed by atoms with Gasteiger partial charge in [-0.15, -0.1) is 12.4 Å². The quantitative estimate of drug-likeness (QED) is 0.498. The molecule has 0 aliphatic heterocycles. The van der Waals surface area contributed by atoms with Crippen LogP contribution in [0.25, 0.3) is 16.6 Å². The van der Waals surface area contributed by atoms with Gasteiger partial charge >= 0.3 is 0 Å². The largest absolute Gasteiger partial charge is 0.384 e. The van der Waals surface area contributed by atoms with Gasteiger partial charge < -0.3 is 11.1 Å². The standard InChI is InChI=1S/C17H10Cl2N8.ClH/c18-11-3-9(6-20)4-12(19)16(11)27-7-10-13(26-27)1-2-22-17(10)25-15-5-14(21)23-8-24-15;/h1-5,7-8H,(H3,21,22,23,24,25);1H. The fourth-order valence-corrected chi connectivity index (χ4v) is 3.23. The van der Waals surface area contributed by atoms with Gasteiger partial charge in [-0.1, -0.05) is 23.2 Å². The molecule has 0 saturated carbocycles. The molecule has 0 aliphatic carbocycles. The first-order valence-corrected chi connectivity index (χ1v) is 8.39. The van der Waals surface area contributed by atoms with Gasteiger partial charge in [0.15, 0.2) is 0 Å². The van der Waals surface area contributed by atoms with Crippen molar-refractivity contribution in [3.05, 3.63) is 58.6 Å². The predicted molar refractivity (Wildman–Crippen MR) is 111 cm³/mol. The third kappa shape index (κ3) is 3.64. The zero-order valence-electron chi connectivity index (χ0n) is 14.0. The van der Waals surface area contributed by atoms with E-state index >= 15 is 0 Å². The van der Waals surface area contributed by atoms with E-state index in [1.165, 1.54) is 18.5 Å². The minimum absolute atomic E-state index is 0. The van der Waals surface area contributed by atoms with Gasteiger partial charge in [0, 0.05) is 18.5 Å². The summed E-state index contributed by atoms with van der Waals surface area (Å²) < 4.78 is 1.55. The van der Waals surface area contributed by atoms with E-state index in [9.17, 15) is 0 Å². The van der Waals surface area contributed by atoms with Crippen LogP contribution in [0.1, 0.15) is 5.56 Å². The molecule has 0 unspecified atom stereocenters. The van der Waals surface area contributed by atoms with Gasteiger partial charge in [-0.3, -0.25) is 0 Å². The highest BCUT2D eigenvalue weighted by molar-refractivity contribution is 6.38. The maximum Gasteiger partial charge on any atom is 0.142 e. The number of nitrogens with zero attached hydrogens (tertiary/aromatic N) is 6. The van der Waals surface area contributed by atoms with Crippen LogP contribution in [0.4, 0.5) is 17.5 Å². The summed E-state index contributed by atoms with van der Waals surface area (Å²) >= 11 is 12.6. The number of pyridine rings is 1. The Kier molecular flexibility index (Phi) is 5.51. The van der Waals surface area contributed by atoms with Crippen molar-refractivity contribution >= 4 is 64.0 Å². The topological polar surface area (TPSA) is 118 Å². The SMILES string of the molecule is Cl.N#Cc1cc(Cl)c(-n2cc3c(Nc4cc(N)ncn4)nccc3n2)c(Cl)c1. The van der Waals surface area contributed by atoms with Crippen LogP contribution in [0.3, 0.4) is 0 Å². The van der Waals surface area contributed by atoms with Gasteiger partial charge in [0.05, 0.1) is 32.6 Å². The van der Waals surface area contributed by atoms with Crippen LogP contribution in [-0.2, 0) is 0 Å². The summed E-state index contributed by atoms with van der Waals surface area (Å²) in [5.74, 6) is 1.38. The summed E-state index contributed by atoms with van der Waals surface area (Å²) in [6, 6.07) is 8.45. The number of hydrogen-bond acceptors (Lipinski definition) is 7. The van der Waals surface area contributed by atoms with Crippen molar-refractivity contribution in [2.75, 3.05) is 11.1 Å². The first-order valence-electron chi connectivity index (χ1n) is 7.63. The predicted octanol–water partition coefficient (Wildman–Crippen LogP) is 4.14. The zero-order valence-corrected chi connectivity index (χ0v) is 16.3. The van der Waals surface area contributed by atoms with Crippen molar-refractivity contribution < 1.29 is 0 Å². The van der Waals surface area contributed by atoms with E-state index < -0.39 is 0 Å². The molecule has 11 heteroatoms. The molecular weight excluding hydrogens is 423 g/mol. The van der Waals surface area contributed by atoms with Gasteiger partial charge in [0.2, 0.25) is 0 Å². The number of aromatic nitrogens is 5. The van der Waals surface area contributed by atoms with Crippen LogP contribution in [-0.4, -0.2) is 24.7 Å². The maximum atomic E-state index is 9.03. The average Bonchev–Trinajstić information content (AvgIpc) is 3.05. The monoisotopic (exact) mass is 432 g/mol. The molecule has 0 aliphatic rings. The van der Waals surface area contributed by atoms with Gasteiger partial charge in [-0.2, -0.15) is 10.4 Å². The zero-order chi connectivity index (χ0) is 19.0. The average molecular weight is 434 g/mol. The molecule has 4 aromatic rings. The van der Waals surface area contributed by atoms with Crippen molar-refractivity contribution in [3.8, 4) is 11.8 Å². The number of anilines is 3. The van der Waals surface area contributed by atoms with E-state index in [2.05, 4.69) is 25.4 Å². The molecule has 140 valence electrons. The van der Waals surface area contributed by atoms with Gasteiger partial charge in [-0.25, -0.2) is 19.6 Å². The molecule has 0 spiro atoms. The number of benzene rings is 1. The van der Waals surface area contributed by atoms with Gasteiger partial charge in [0.25, 0.3) is 0 Å². The molecule has 1 aromatic carbocycles. The second-order valence-electron chi connectivity index (χ2n) is 5.52. The highest BCUT2D eigenvalue weighted by Gasteiger charge is 2.15. The minimum atomic E-state index is 0. The van der Waals surface area contributed by atoms with Crippen LogP contribution in [0.15, 0.2) is 43.0 Å². The summed E-state index contributed by atoms with van der Waals surface area (Å²) in [6.07, 6.45) is 4.72. The normalized spacial score (nSPS) is 10.3. The number of fused-ring (bicyclic) bond motifs is 1. The molecule has 0 atom stereocenters. The Morgan fingerprint density at radius 3 is 2.54 bits per heavy atom. The maximum absolute atomic E-state index is 9.03. The highest BCUT2D eigenvalue weighted by Crippen LogP contribution is 2.32. The van der Waals surface area contributed by atoms with E-state index in [4.69, 9.17) is 34.2 Å². The molecule has 0 saturated heterocycles. The molecule has 3 N–H and O–H groups in total. The number of nitrogen functional groups attached to an aromatic ring is 1. The fraction of sp³-hybridized carbons (Fsp3) is 0. The summed E-state index contributed by atoms with van der Waals surface area (Å²) in [7, 11) is 0. The molecule has 3 heterocycles. The summed E-state index contributed by atoms with van der Waals surface area (Å²) in [6.45, 7) is 0. The Labute approximate surface area is 175 Å². The first-order chi connectivity index (χ1) is 13.0. The highest BCUT2D eigenvalue weighted by atomic mass is 35.5. The van der Waals surface area contributed by atoms with Crippen molar-refractivity contribution in [2.24, 2.45) is 0 Å². The van der Waals surface area contributed by atoms with E-state index in [-0.39, 0.29) is 12.4 Å². The Morgan fingerprint density at radius 1 is 1.11 bits per heavy atom. The van der Waals surface area contributed by atoms with Crippen LogP contribution in [0.5, 0.6) is 0 Å². The summed E-state index contributed by atoms with van der Waals surface area (Å²) in [5.41, 5.74) is 7.20. The Balaban J connectivity index is 0.00000225. The van der Waals surface area contributed by atoms with Crippen molar-refractivity contribution in [1.82, 2.24) is 24.7 Å². The number of nitrogens with one attached hydrogen (secondary N) is 1. The van der Waals surface area contributed by atoms with E-state index in [1.54, 1.807) is 29.2 Å². The number of halogens is 3. The fourth-order valence-electron chi connectivity index (χ4n) is 2.57. The van der Waals surface area contributed by atoms with Crippen LogP contribution >= 0.6 is 35.6 Å². The summed E-state index contributed by atoms with van der Waals surface area (Å²) in [4.78, 5) is 12.3. The van der Waals surface area contributed by atoms with E-state index in [0.717, 1.165) is 5.39 Å². The number of hydrogen-bond donors (Lipinski definition) is 2. The molecule has 8 nitrogen and oxygen atoms in total. The van der Waals surface area contributed by atoms with E-state index in [1.807, 2.05) is 6.07 Å². The van der Waals surface area contributed by atoms with Gasteiger partial charge in [0.1, 0.15) is 29.5 Å². The molecule has 0 radical (unpaired) electrons. The van der Waals surface area contributed by atoms with E-state index in [0.29, 0.717) is 44.3 Å². The number of nitrogens with two attached hydrogens (primary N) is 1. The minimum Gasteiger partial charge on any atom is -0.384 e. The van der Waals surface area contributed by atoms with Crippen molar-refractivity contribution in [1.29, 1.82) is 5.26 Å². The smallest absolute Gasteiger partial charge is 0.142 e. The number of rotatable bonds is 3. The molecule has 0 fully saturated rings. The third-order valence-electron chi connectivity index (χ3n) is 3.74. The molecule has 4 rings (SSSR count).